The fourth-order valence-electron chi connectivity index (χ4n) is 1.54. The molecule has 0 aliphatic carbocycles. The number of rotatable bonds is 8. The monoisotopic (exact) mass is 285 g/mol. The molecule has 0 saturated heterocycles. The maximum absolute atomic E-state index is 13.9. The Morgan fingerprint density at radius 2 is 2.05 bits per heavy atom. The van der Waals surface area contributed by atoms with Crippen molar-refractivity contribution < 1.29 is 9.13 Å². The summed E-state index contributed by atoms with van der Waals surface area (Å²) in [6.45, 7) is 8.47. The molecule has 0 aromatic heterocycles. The van der Waals surface area contributed by atoms with Crippen molar-refractivity contribution in [2.75, 3.05) is 20.3 Å². The van der Waals surface area contributed by atoms with E-state index in [0.717, 1.165) is 17.0 Å². The fourth-order valence-corrected chi connectivity index (χ4v) is 2.69. The summed E-state index contributed by atoms with van der Waals surface area (Å²) in [5, 5.41) is 3.68. The minimum Gasteiger partial charge on any atom is -0.383 e. The summed E-state index contributed by atoms with van der Waals surface area (Å²) in [6, 6.07) is 5.31. The third-order valence-electron chi connectivity index (χ3n) is 3.11. The topological polar surface area (TPSA) is 21.3 Å². The summed E-state index contributed by atoms with van der Waals surface area (Å²) in [6.07, 6.45) is 0. The van der Waals surface area contributed by atoms with Gasteiger partial charge in [-0.2, -0.15) is 0 Å². The normalized spacial score (nSPS) is 12.9. The Balaban J connectivity index is 2.71. The third kappa shape index (κ3) is 5.51. The van der Waals surface area contributed by atoms with Crippen LogP contribution >= 0.6 is 11.8 Å². The van der Waals surface area contributed by atoms with Crippen LogP contribution in [-0.4, -0.2) is 25.5 Å². The van der Waals surface area contributed by atoms with Gasteiger partial charge in [-0.1, -0.05) is 26.8 Å². The van der Waals surface area contributed by atoms with Crippen LogP contribution in [0.2, 0.25) is 0 Å². The molecule has 1 rings (SSSR count). The van der Waals surface area contributed by atoms with Gasteiger partial charge in [-0.25, -0.2) is 4.39 Å². The highest BCUT2D eigenvalue weighted by atomic mass is 32.2. The van der Waals surface area contributed by atoms with Crippen LogP contribution in [0.1, 0.15) is 26.3 Å². The van der Waals surface area contributed by atoms with Crippen LogP contribution in [0.15, 0.2) is 23.1 Å². The molecule has 1 aromatic rings. The second-order valence-electron chi connectivity index (χ2n) is 4.95. The standard InChI is InChI=1S/C15H24FNOS/c1-11(2)12(3)19-15-7-5-6-14(16)13(15)10-17-8-9-18-4/h5-7,11-12,17H,8-10H2,1-4H3. The number of benzene rings is 1. The lowest BCUT2D eigenvalue weighted by Crippen LogP contribution is -2.20. The average molecular weight is 285 g/mol. The Hall–Kier alpha value is -0.580. The van der Waals surface area contributed by atoms with E-state index in [1.165, 1.54) is 6.07 Å². The van der Waals surface area contributed by atoms with Crippen LogP contribution in [0, 0.1) is 11.7 Å². The first kappa shape index (κ1) is 16.5. The highest BCUT2D eigenvalue weighted by Gasteiger charge is 2.14. The second kappa shape index (κ2) is 8.56. The molecule has 108 valence electrons. The maximum atomic E-state index is 13.9. The van der Waals surface area contributed by atoms with Gasteiger partial charge >= 0.3 is 0 Å². The van der Waals surface area contributed by atoms with Gasteiger partial charge in [0.05, 0.1) is 6.61 Å². The van der Waals surface area contributed by atoms with E-state index < -0.39 is 0 Å². The predicted molar refractivity (Wildman–Crippen MR) is 80.1 cm³/mol. The van der Waals surface area contributed by atoms with Crippen molar-refractivity contribution in [2.45, 2.75) is 37.5 Å². The zero-order chi connectivity index (χ0) is 14.3. The molecular weight excluding hydrogens is 261 g/mol. The van der Waals surface area contributed by atoms with Gasteiger partial charge in [-0.05, 0) is 18.1 Å². The van der Waals surface area contributed by atoms with Gasteiger partial charge in [0, 0.05) is 35.9 Å². The van der Waals surface area contributed by atoms with Gasteiger partial charge in [-0.15, -0.1) is 11.8 Å². The zero-order valence-electron chi connectivity index (χ0n) is 12.2. The largest absolute Gasteiger partial charge is 0.383 e. The molecule has 0 fully saturated rings. The highest BCUT2D eigenvalue weighted by Crippen LogP contribution is 2.31. The van der Waals surface area contributed by atoms with Gasteiger partial charge in [0.25, 0.3) is 0 Å². The van der Waals surface area contributed by atoms with Crippen LogP contribution in [0.25, 0.3) is 0 Å². The number of nitrogens with one attached hydrogen (secondary N) is 1. The van der Waals surface area contributed by atoms with Crippen LogP contribution < -0.4 is 5.32 Å². The maximum Gasteiger partial charge on any atom is 0.128 e. The van der Waals surface area contributed by atoms with Gasteiger partial charge < -0.3 is 10.1 Å². The van der Waals surface area contributed by atoms with Crippen molar-refractivity contribution >= 4 is 11.8 Å². The predicted octanol–water partition coefficient (Wildman–Crippen LogP) is 3.70. The summed E-state index contributed by atoms with van der Waals surface area (Å²) in [5.74, 6) is 0.438. The number of hydrogen-bond donors (Lipinski definition) is 1. The molecule has 2 nitrogen and oxygen atoms in total. The highest BCUT2D eigenvalue weighted by molar-refractivity contribution is 8.00. The summed E-state index contributed by atoms with van der Waals surface area (Å²) in [7, 11) is 1.66. The molecule has 4 heteroatoms. The van der Waals surface area contributed by atoms with E-state index in [4.69, 9.17) is 4.74 Å². The van der Waals surface area contributed by atoms with Crippen LogP contribution in [0.3, 0.4) is 0 Å². The molecule has 1 atom stereocenters. The number of halogens is 1. The summed E-state index contributed by atoms with van der Waals surface area (Å²) in [5.41, 5.74) is 0.760. The smallest absolute Gasteiger partial charge is 0.128 e. The quantitative estimate of drug-likeness (QED) is 0.581. The lowest BCUT2D eigenvalue weighted by molar-refractivity contribution is 0.199. The molecule has 0 radical (unpaired) electrons. The Morgan fingerprint density at radius 3 is 2.68 bits per heavy atom. The van der Waals surface area contributed by atoms with E-state index in [2.05, 4.69) is 26.1 Å². The van der Waals surface area contributed by atoms with Crippen LogP contribution in [-0.2, 0) is 11.3 Å². The SMILES string of the molecule is COCCNCc1c(F)cccc1SC(C)C(C)C. The van der Waals surface area contributed by atoms with Crippen molar-refractivity contribution in [1.29, 1.82) is 0 Å². The van der Waals surface area contributed by atoms with Crippen molar-refractivity contribution in [2.24, 2.45) is 5.92 Å². The molecule has 0 spiro atoms. The van der Waals surface area contributed by atoms with E-state index in [-0.39, 0.29) is 5.82 Å². The van der Waals surface area contributed by atoms with E-state index >= 15 is 0 Å². The summed E-state index contributed by atoms with van der Waals surface area (Å²) in [4.78, 5) is 1.03. The zero-order valence-corrected chi connectivity index (χ0v) is 13.0. The van der Waals surface area contributed by atoms with Gasteiger partial charge in [0.1, 0.15) is 5.82 Å². The molecule has 0 amide bonds. The second-order valence-corrected chi connectivity index (χ2v) is 6.37. The van der Waals surface area contributed by atoms with Crippen molar-refractivity contribution in [3.05, 3.63) is 29.6 Å². The van der Waals surface area contributed by atoms with Crippen molar-refractivity contribution in [3.63, 3.8) is 0 Å². The fraction of sp³-hybridized carbons (Fsp3) is 0.600. The Morgan fingerprint density at radius 1 is 1.32 bits per heavy atom. The van der Waals surface area contributed by atoms with Gasteiger partial charge in [-0.3, -0.25) is 0 Å². The van der Waals surface area contributed by atoms with Gasteiger partial charge in [0.15, 0.2) is 0 Å². The Bertz CT molecular complexity index is 384. The van der Waals surface area contributed by atoms with E-state index in [1.807, 2.05) is 6.07 Å². The van der Waals surface area contributed by atoms with Crippen LogP contribution in [0.5, 0.6) is 0 Å². The molecular formula is C15H24FNOS. The molecule has 1 aromatic carbocycles. The van der Waals surface area contributed by atoms with E-state index in [9.17, 15) is 4.39 Å². The molecule has 0 aliphatic heterocycles. The molecule has 0 heterocycles. The Kier molecular flexibility index (Phi) is 7.42. The minimum atomic E-state index is -0.133. The summed E-state index contributed by atoms with van der Waals surface area (Å²) < 4.78 is 18.9. The first-order chi connectivity index (χ1) is 9.06. The van der Waals surface area contributed by atoms with Crippen molar-refractivity contribution in [1.82, 2.24) is 5.32 Å². The summed E-state index contributed by atoms with van der Waals surface area (Å²) >= 11 is 1.74. The average Bonchev–Trinajstić information content (AvgIpc) is 2.37. The van der Waals surface area contributed by atoms with E-state index in [1.54, 1.807) is 24.9 Å². The van der Waals surface area contributed by atoms with E-state index in [0.29, 0.717) is 24.3 Å². The van der Waals surface area contributed by atoms with Crippen molar-refractivity contribution in [3.8, 4) is 0 Å². The molecule has 19 heavy (non-hydrogen) atoms. The molecule has 0 aliphatic rings. The molecule has 1 N–H and O–H groups in total. The molecule has 1 unspecified atom stereocenters. The lowest BCUT2D eigenvalue weighted by Gasteiger charge is -2.18. The number of thioether (sulfide) groups is 1. The third-order valence-corrected chi connectivity index (χ3v) is 4.66. The molecule has 0 saturated carbocycles. The number of hydrogen-bond acceptors (Lipinski definition) is 3. The first-order valence-electron chi connectivity index (χ1n) is 6.70. The number of methoxy groups -OCH3 is 1. The Labute approximate surface area is 120 Å². The van der Waals surface area contributed by atoms with Gasteiger partial charge in [0.2, 0.25) is 0 Å². The lowest BCUT2D eigenvalue weighted by atomic mass is 10.1. The van der Waals surface area contributed by atoms with Crippen LogP contribution in [0.4, 0.5) is 4.39 Å². The number of ether oxygens (including phenoxy) is 1. The molecule has 0 bridgehead atoms. The minimum absolute atomic E-state index is 0.133. The first-order valence-corrected chi connectivity index (χ1v) is 7.58.